The molecule has 4 nitrogen and oxygen atoms in total. The zero-order valence-electron chi connectivity index (χ0n) is 63.6. The molecule has 17 aromatic rings. The van der Waals surface area contributed by atoms with E-state index in [4.69, 9.17) is 9.47 Å². The Morgan fingerprint density at radius 2 is 0.557 bits per heavy atom. The van der Waals surface area contributed by atoms with Crippen molar-refractivity contribution in [2.75, 3.05) is 9.80 Å². The molecule has 0 amide bonds. The first kappa shape index (κ1) is 67.5. The number of ether oxygens (including phenoxy) is 2. The molecular formula is C106H71B3N2O2S2. The van der Waals surface area contributed by atoms with Crippen molar-refractivity contribution in [1.82, 2.24) is 0 Å². The molecule has 6 aliphatic rings. The Balaban J connectivity index is 0.861. The van der Waals surface area contributed by atoms with E-state index in [1.54, 1.807) is 0 Å². The van der Waals surface area contributed by atoms with E-state index < -0.39 is 6.71 Å². The molecule has 6 aliphatic heterocycles. The topological polar surface area (TPSA) is 24.9 Å². The van der Waals surface area contributed by atoms with E-state index in [2.05, 4.69) is 407 Å². The molecule has 0 aliphatic carbocycles. The maximum Gasteiger partial charge on any atom is 0.258 e. The van der Waals surface area contributed by atoms with Gasteiger partial charge in [-0.3, -0.25) is 0 Å². The predicted octanol–water partition coefficient (Wildman–Crippen LogP) is 22.6. The first-order valence-corrected chi connectivity index (χ1v) is 41.5. The van der Waals surface area contributed by atoms with Gasteiger partial charge in [0.1, 0.15) is 23.0 Å². The largest absolute Gasteiger partial charge is 0.459 e. The Morgan fingerprint density at radius 1 is 0.235 bits per heavy atom. The molecule has 9 heteroatoms. The molecule has 0 unspecified atom stereocenters. The zero-order valence-corrected chi connectivity index (χ0v) is 65.2. The van der Waals surface area contributed by atoms with E-state index in [9.17, 15) is 0 Å². The van der Waals surface area contributed by atoms with Crippen molar-refractivity contribution >= 4 is 127 Å². The number of fused-ring (bicyclic) bond motifs is 14. The highest BCUT2D eigenvalue weighted by Crippen LogP contribution is 2.56. The Hall–Kier alpha value is -13.2. The van der Waals surface area contributed by atoms with Gasteiger partial charge in [0.15, 0.2) is 0 Å². The molecule has 0 atom stereocenters. The molecule has 0 aromatic heterocycles. The highest BCUT2D eigenvalue weighted by atomic mass is 32.2. The van der Waals surface area contributed by atoms with Crippen LogP contribution >= 0.6 is 23.5 Å². The minimum atomic E-state index is -0.411. The van der Waals surface area contributed by atoms with Crippen LogP contribution in [0.5, 0.6) is 23.0 Å². The second-order valence-corrected chi connectivity index (χ2v) is 34.2. The quantitative estimate of drug-likeness (QED) is 0.127. The second-order valence-electron chi connectivity index (χ2n) is 32.0. The lowest BCUT2D eigenvalue weighted by atomic mass is 9.29. The third-order valence-corrected chi connectivity index (χ3v) is 26.7. The van der Waals surface area contributed by atoms with Crippen LogP contribution in [-0.2, 0) is 5.41 Å². The molecule has 0 bridgehead atoms. The minimum Gasteiger partial charge on any atom is -0.459 e. The number of hydrogen-bond donors (Lipinski definition) is 0. The van der Waals surface area contributed by atoms with E-state index in [1.165, 1.54) is 58.8 Å². The highest BCUT2D eigenvalue weighted by molar-refractivity contribution is 8.01. The van der Waals surface area contributed by atoms with Gasteiger partial charge in [0, 0.05) is 64.6 Å². The monoisotopic (exact) mass is 1500 g/mol. The number of nitrogens with zero attached hydrogens (tertiary/aromatic N) is 2. The summed E-state index contributed by atoms with van der Waals surface area (Å²) in [6.07, 6.45) is 0. The minimum absolute atomic E-state index is 0.160. The van der Waals surface area contributed by atoms with Crippen LogP contribution in [0.15, 0.2) is 396 Å². The molecule has 0 saturated carbocycles. The summed E-state index contributed by atoms with van der Waals surface area (Å²) in [6, 6.07) is 140. The maximum atomic E-state index is 8.36. The van der Waals surface area contributed by atoms with Gasteiger partial charge < -0.3 is 19.3 Å². The van der Waals surface area contributed by atoms with E-state index in [1.807, 2.05) is 23.5 Å². The van der Waals surface area contributed by atoms with Gasteiger partial charge in [0.2, 0.25) is 0 Å². The molecule has 0 saturated heterocycles. The molecule has 0 fully saturated rings. The summed E-state index contributed by atoms with van der Waals surface area (Å²) in [5.41, 5.74) is 36.3. The van der Waals surface area contributed by atoms with Crippen molar-refractivity contribution in [2.24, 2.45) is 0 Å². The van der Waals surface area contributed by atoms with Crippen molar-refractivity contribution in [1.29, 1.82) is 0 Å². The van der Waals surface area contributed by atoms with Gasteiger partial charge >= 0.3 is 0 Å². The molecule has 0 N–H and O–H groups in total. The van der Waals surface area contributed by atoms with E-state index in [0.29, 0.717) is 0 Å². The SMILES string of the molecule is CC(C)(C)c1cc2c3c(c1)N(c1c(-c4ccccc4)cccc1-c1ccccc1)c1cc4c5c(c1B3c1cc(-c3ccccc3)ccc1N2c1c(-c2ccccc2)cccc1-c1ccccc1)Oc1ccc(-c2ccccc2)cc1B5c1c(cc2c3c1Oc1ccc(-c5ccccc5)cc1B3c1cc(-c3ccccc3)ccc1S2)S4. The number of rotatable bonds is 10. The van der Waals surface area contributed by atoms with Crippen molar-refractivity contribution in [3.8, 4) is 112 Å². The van der Waals surface area contributed by atoms with Gasteiger partial charge in [-0.1, -0.05) is 377 Å². The van der Waals surface area contributed by atoms with Crippen LogP contribution in [0.2, 0.25) is 0 Å². The standard InChI is InChI=1S/C106H71B3N2O2S2/c1-106(2,3)78-62-88-97-89(63-78)111(103-81(72-42-24-10-25-43-72)48-29-49-82(103)73-44-26-11-27-45-73)90-64-94-100-104(98(90)108(97)83-58-74(66-30-12-4-13-31-66)50-54-87(83)110(88)102-79(70-38-20-8-21-39-70)46-28-47-80(102)71-40-22-9-23-41-71)112-92-56-52-76(68-34-16-6-17-35-68)60-85(92)109(100)101-96(115-94)65-95-99-105(101)113-91-55-51-75(67-32-14-5-15-33-67)59-84(91)107(99)86-61-77(53-57-93(86)114-95)69-36-18-7-19-37-69/h4-65H,1-3H3. The summed E-state index contributed by atoms with van der Waals surface area (Å²) >= 11 is 3.75. The average Bonchev–Trinajstić information content (AvgIpc) is 0.671. The van der Waals surface area contributed by atoms with Crippen LogP contribution in [0.25, 0.3) is 89.0 Å². The van der Waals surface area contributed by atoms with E-state index in [0.717, 1.165) is 162 Å². The Morgan fingerprint density at radius 3 is 0.983 bits per heavy atom. The molecule has 0 radical (unpaired) electrons. The molecule has 538 valence electrons. The molecule has 23 rings (SSSR count). The highest BCUT2D eigenvalue weighted by Gasteiger charge is 2.53. The Bertz CT molecular complexity index is 6660. The lowest BCUT2D eigenvalue weighted by Crippen LogP contribution is -2.66. The van der Waals surface area contributed by atoms with E-state index >= 15 is 0 Å². The summed E-state index contributed by atoms with van der Waals surface area (Å²) in [5, 5.41) is 0. The van der Waals surface area contributed by atoms with E-state index in [-0.39, 0.29) is 18.8 Å². The normalized spacial score (nSPS) is 13.3. The van der Waals surface area contributed by atoms with Gasteiger partial charge in [-0.2, -0.15) is 0 Å². The van der Waals surface area contributed by atoms with Gasteiger partial charge in [0.25, 0.3) is 20.1 Å². The van der Waals surface area contributed by atoms with Crippen LogP contribution in [0.1, 0.15) is 26.3 Å². The van der Waals surface area contributed by atoms with Crippen LogP contribution in [-0.4, -0.2) is 20.1 Å². The Labute approximate surface area is 680 Å². The van der Waals surface area contributed by atoms with Gasteiger partial charge in [-0.15, -0.1) is 0 Å². The summed E-state index contributed by atoms with van der Waals surface area (Å²) in [4.78, 5) is 10.1. The third kappa shape index (κ3) is 10.9. The van der Waals surface area contributed by atoms with Crippen LogP contribution in [0.3, 0.4) is 0 Å². The fourth-order valence-corrected chi connectivity index (χ4v) is 21.6. The maximum absolute atomic E-state index is 8.36. The van der Waals surface area contributed by atoms with Gasteiger partial charge in [-0.05, 0) is 170 Å². The first-order valence-electron chi connectivity index (χ1n) is 39.9. The van der Waals surface area contributed by atoms with Crippen molar-refractivity contribution in [2.45, 2.75) is 45.8 Å². The lowest BCUT2D eigenvalue weighted by molar-refractivity contribution is 0.486. The smallest absolute Gasteiger partial charge is 0.258 e. The predicted molar refractivity (Wildman–Crippen MR) is 486 cm³/mol. The van der Waals surface area contributed by atoms with Crippen LogP contribution < -0.4 is 68.4 Å². The number of hydrogen-bond acceptors (Lipinski definition) is 6. The number of benzene rings is 17. The Kier molecular flexibility index (Phi) is 15.7. The third-order valence-electron chi connectivity index (χ3n) is 24.4. The van der Waals surface area contributed by atoms with Crippen LogP contribution in [0, 0.1) is 0 Å². The summed E-state index contributed by atoms with van der Waals surface area (Å²) in [6.45, 7) is 6.21. The summed E-state index contributed by atoms with van der Waals surface area (Å²) in [5.74, 6) is 3.49. The van der Waals surface area contributed by atoms with Crippen molar-refractivity contribution in [3.63, 3.8) is 0 Å². The molecule has 17 aromatic carbocycles. The molecule has 6 heterocycles. The molecule has 0 spiro atoms. The first-order chi connectivity index (χ1) is 56.7. The molecular weight excluding hydrogens is 1430 g/mol. The summed E-state index contributed by atoms with van der Waals surface area (Å²) < 4.78 is 16.4. The fourth-order valence-electron chi connectivity index (χ4n) is 19.2. The summed E-state index contributed by atoms with van der Waals surface area (Å²) in [7, 11) is 0. The van der Waals surface area contributed by atoms with Gasteiger partial charge in [0.05, 0.1) is 11.4 Å². The zero-order chi connectivity index (χ0) is 76.1. The van der Waals surface area contributed by atoms with Crippen LogP contribution in [0.4, 0.5) is 34.1 Å². The van der Waals surface area contributed by atoms with Crippen molar-refractivity contribution < 1.29 is 9.47 Å². The average molecular weight is 1500 g/mol. The number of anilines is 6. The molecule has 115 heavy (non-hydrogen) atoms. The number of para-hydroxylation sites is 2. The van der Waals surface area contributed by atoms with Crippen molar-refractivity contribution in [3.05, 3.63) is 382 Å². The second kappa shape index (κ2) is 26.7. The van der Waals surface area contributed by atoms with Gasteiger partial charge in [-0.25, -0.2) is 0 Å². The fraction of sp³-hybridized carbons (Fsp3) is 0.0377. The lowest BCUT2D eigenvalue weighted by Gasteiger charge is -2.48.